The van der Waals surface area contributed by atoms with E-state index in [-0.39, 0.29) is 6.10 Å². The summed E-state index contributed by atoms with van der Waals surface area (Å²) in [5, 5.41) is 0.729. The Bertz CT molecular complexity index is 454. The molecule has 0 spiro atoms. The third-order valence-electron chi connectivity index (χ3n) is 3.30. The highest BCUT2D eigenvalue weighted by Crippen LogP contribution is 2.43. The molecule has 0 amide bonds. The van der Waals surface area contributed by atoms with Crippen LogP contribution in [-0.2, 0) is 15.3 Å². The summed E-state index contributed by atoms with van der Waals surface area (Å²) in [4.78, 5) is 0. The van der Waals surface area contributed by atoms with E-state index < -0.39 is 5.79 Å². The maximum atomic E-state index is 5.94. The van der Waals surface area contributed by atoms with Crippen molar-refractivity contribution in [3.05, 3.63) is 17.7 Å². The zero-order valence-corrected chi connectivity index (χ0v) is 13.7. The monoisotopic (exact) mass is 346 g/mol. The second-order valence-electron chi connectivity index (χ2n) is 4.56. The number of hydrogen-bond donors (Lipinski definition) is 0. The number of alkyl halides is 1. The molecule has 0 radical (unpaired) electrons. The summed E-state index contributed by atoms with van der Waals surface area (Å²) >= 11 is 3.41. The predicted octanol–water partition coefficient (Wildman–Crippen LogP) is 2.70. The van der Waals surface area contributed by atoms with Gasteiger partial charge in [0.2, 0.25) is 5.75 Å². The Morgan fingerprint density at radius 3 is 2.20 bits per heavy atom. The molecule has 1 aliphatic heterocycles. The van der Waals surface area contributed by atoms with Gasteiger partial charge in [0.1, 0.15) is 0 Å². The molecule has 2 unspecified atom stereocenters. The molecule has 0 N–H and O–H groups in total. The number of rotatable bonds is 5. The summed E-state index contributed by atoms with van der Waals surface area (Å²) < 4.78 is 27.7. The lowest BCUT2D eigenvalue weighted by molar-refractivity contribution is -0.159. The van der Waals surface area contributed by atoms with Gasteiger partial charge in [-0.2, -0.15) is 0 Å². The largest absolute Gasteiger partial charge is 0.493 e. The highest BCUT2D eigenvalue weighted by atomic mass is 79.9. The lowest BCUT2D eigenvalue weighted by atomic mass is 10.1. The van der Waals surface area contributed by atoms with Gasteiger partial charge in [0.15, 0.2) is 17.3 Å². The first-order valence-electron chi connectivity index (χ1n) is 6.26. The smallest absolute Gasteiger partial charge is 0.203 e. The third kappa shape index (κ3) is 2.73. The van der Waals surface area contributed by atoms with Crippen molar-refractivity contribution in [3.8, 4) is 17.2 Å². The van der Waals surface area contributed by atoms with Crippen molar-refractivity contribution < 1.29 is 23.7 Å². The van der Waals surface area contributed by atoms with Crippen LogP contribution in [0.1, 0.15) is 12.5 Å². The van der Waals surface area contributed by atoms with E-state index in [0.717, 1.165) is 10.9 Å². The van der Waals surface area contributed by atoms with Crippen LogP contribution in [0.2, 0.25) is 0 Å². The molecular formula is C14H19BrO5. The molecule has 20 heavy (non-hydrogen) atoms. The summed E-state index contributed by atoms with van der Waals surface area (Å²) in [5.74, 6) is 0.901. The zero-order chi connectivity index (χ0) is 14.8. The molecule has 1 saturated heterocycles. The van der Waals surface area contributed by atoms with Gasteiger partial charge in [-0.05, 0) is 19.1 Å². The van der Waals surface area contributed by atoms with E-state index in [1.165, 1.54) is 0 Å². The Labute approximate surface area is 127 Å². The average molecular weight is 347 g/mol. The van der Waals surface area contributed by atoms with E-state index >= 15 is 0 Å². The Morgan fingerprint density at radius 1 is 1.20 bits per heavy atom. The van der Waals surface area contributed by atoms with Gasteiger partial charge in [0.25, 0.3) is 0 Å². The highest BCUT2D eigenvalue weighted by molar-refractivity contribution is 9.09. The van der Waals surface area contributed by atoms with Gasteiger partial charge in [-0.3, -0.25) is 0 Å². The summed E-state index contributed by atoms with van der Waals surface area (Å²) in [6.07, 6.45) is 0.0269. The van der Waals surface area contributed by atoms with Crippen LogP contribution < -0.4 is 14.2 Å². The zero-order valence-electron chi connectivity index (χ0n) is 12.1. The van der Waals surface area contributed by atoms with E-state index in [1.807, 2.05) is 19.1 Å². The molecule has 1 heterocycles. The number of benzene rings is 1. The first-order valence-corrected chi connectivity index (χ1v) is 7.38. The van der Waals surface area contributed by atoms with Crippen LogP contribution in [0, 0.1) is 0 Å². The highest BCUT2D eigenvalue weighted by Gasteiger charge is 2.39. The fourth-order valence-electron chi connectivity index (χ4n) is 2.21. The fraction of sp³-hybridized carbons (Fsp3) is 0.571. The molecule has 0 saturated carbocycles. The van der Waals surface area contributed by atoms with Crippen molar-refractivity contribution >= 4 is 15.9 Å². The molecule has 1 aliphatic rings. The van der Waals surface area contributed by atoms with Crippen LogP contribution in [-0.4, -0.2) is 39.4 Å². The van der Waals surface area contributed by atoms with Crippen LogP contribution >= 0.6 is 15.9 Å². The number of ether oxygens (including phenoxy) is 5. The van der Waals surface area contributed by atoms with E-state index in [4.69, 9.17) is 23.7 Å². The number of methoxy groups -OCH3 is 3. The lowest BCUT2D eigenvalue weighted by Crippen LogP contribution is -2.24. The van der Waals surface area contributed by atoms with Gasteiger partial charge in [-0.1, -0.05) is 15.9 Å². The molecule has 1 aromatic rings. The van der Waals surface area contributed by atoms with Crippen LogP contribution in [0.3, 0.4) is 0 Å². The van der Waals surface area contributed by atoms with Gasteiger partial charge in [-0.25, -0.2) is 0 Å². The molecule has 0 bridgehead atoms. The first-order chi connectivity index (χ1) is 9.57. The van der Waals surface area contributed by atoms with Crippen LogP contribution in [0.5, 0.6) is 17.2 Å². The Hall–Kier alpha value is -0.980. The van der Waals surface area contributed by atoms with E-state index in [2.05, 4.69) is 15.9 Å². The van der Waals surface area contributed by atoms with Crippen molar-refractivity contribution in [2.45, 2.75) is 18.8 Å². The van der Waals surface area contributed by atoms with Gasteiger partial charge >= 0.3 is 0 Å². The second-order valence-corrected chi connectivity index (χ2v) is 5.21. The van der Waals surface area contributed by atoms with Gasteiger partial charge in [0.05, 0.1) is 34.0 Å². The summed E-state index contributed by atoms with van der Waals surface area (Å²) in [7, 11) is 4.74. The molecule has 0 aromatic heterocycles. The second kappa shape index (κ2) is 6.20. The predicted molar refractivity (Wildman–Crippen MR) is 78.1 cm³/mol. The minimum Gasteiger partial charge on any atom is -0.493 e. The van der Waals surface area contributed by atoms with Crippen molar-refractivity contribution in [1.29, 1.82) is 0 Å². The van der Waals surface area contributed by atoms with E-state index in [0.29, 0.717) is 23.9 Å². The maximum absolute atomic E-state index is 5.94. The van der Waals surface area contributed by atoms with Gasteiger partial charge in [-0.15, -0.1) is 0 Å². The minimum atomic E-state index is -0.814. The normalized spacial score (nSPS) is 25.6. The standard InChI is InChI=1S/C14H19BrO5/c1-14(19-8-10(7-15)20-14)9-5-11(16-2)13(18-4)12(6-9)17-3/h5-6,10H,7-8H2,1-4H3. The minimum absolute atomic E-state index is 0.0269. The molecule has 1 aromatic carbocycles. The van der Waals surface area contributed by atoms with Gasteiger partial charge < -0.3 is 23.7 Å². The maximum Gasteiger partial charge on any atom is 0.203 e. The van der Waals surface area contributed by atoms with Crippen molar-refractivity contribution in [2.24, 2.45) is 0 Å². The molecule has 6 heteroatoms. The Balaban J connectivity index is 2.42. The molecular weight excluding hydrogens is 328 g/mol. The molecule has 112 valence electrons. The Morgan fingerprint density at radius 2 is 1.80 bits per heavy atom. The van der Waals surface area contributed by atoms with Crippen molar-refractivity contribution in [3.63, 3.8) is 0 Å². The number of halogens is 1. The van der Waals surface area contributed by atoms with E-state index in [9.17, 15) is 0 Å². The summed E-state index contributed by atoms with van der Waals surface area (Å²) in [6.45, 7) is 2.43. The summed E-state index contributed by atoms with van der Waals surface area (Å²) in [5.41, 5.74) is 0.829. The molecule has 5 nitrogen and oxygen atoms in total. The van der Waals surface area contributed by atoms with E-state index in [1.54, 1.807) is 21.3 Å². The van der Waals surface area contributed by atoms with Crippen LogP contribution in [0.4, 0.5) is 0 Å². The molecule has 1 fully saturated rings. The summed E-state index contributed by atoms with van der Waals surface area (Å²) in [6, 6.07) is 3.69. The molecule has 0 aliphatic carbocycles. The fourth-order valence-corrected chi connectivity index (χ4v) is 2.53. The quantitative estimate of drug-likeness (QED) is 0.767. The number of hydrogen-bond acceptors (Lipinski definition) is 5. The van der Waals surface area contributed by atoms with Crippen LogP contribution in [0.25, 0.3) is 0 Å². The first kappa shape index (κ1) is 15.4. The van der Waals surface area contributed by atoms with Crippen molar-refractivity contribution in [1.82, 2.24) is 0 Å². The third-order valence-corrected chi connectivity index (χ3v) is 4.02. The Kier molecular flexibility index (Phi) is 4.78. The van der Waals surface area contributed by atoms with Gasteiger partial charge in [0, 0.05) is 10.9 Å². The SMILES string of the molecule is COc1cc(C2(C)OCC(CBr)O2)cc(OC)c1OC. The average Bonchev–Trinajstić information content (AvgIpc) is 2.88. The topological polar surface area (TPSA) is 46.2 Å². The lowest BCUT2D eigenvalue weighted by Gasteiger charge is -2.25. The van der Waals surface area contributed by atoms with Crippen LogP contribution in [0.15, 0.2) is 12.1 Å². The molecule has 2 rings (SSSR count). The van der Waals surface area contributed by atoms with Crippen molar-refractivity contribution in [2.75, 3.05) is 33.3 Å². The molecule has 2 atom stereocenters.